The number of esters is 2. The highest BCUT2D eigenvalue weighted by Crippen LogP contribution is 2.53. The summed E-state index contributed by atoms with van der Waals surface area (Å²) in [5, 5.41) is 154. The van der Waals surface area contributed by atoms with Gasteiger partial charge in [-0.3, -0.25) is 14.4 Å². The lowest BCUT2D eigenvalue weighted by atomic mass is 9.87. The zero-order valence-electron chi connectivity index (χ0n) is 58.3. The van der Waals surface area contributed by atoms with Crippen molar-refractivity contribution in [1.82, 2.24) is 0 Å². The molecule has 110 heavy (non-hydrogen) atoms. The van der Waals surface area contributed by atoms with Crippen LogP contribution < -0.4 is 18.9 Å². The highest BCUT2D eigenvalue weighted by atomic mass is 16.6. The smallest absolute Gasteiger partial charge is 0.345 e. The summed E-state index contributed by atoms with van der Waals surface area (Å²) in [6.07, 6.45) is 7.63. The predicted molar refractivity (Wildman–Crippen MR) is 395 cm³/mol. The Morgan fingerprint density at radius 1 is 0.382 bits per heavy atom. The molecule has 0 radical (unpaired) electrons. The fourth-order valence-electron chi connectivity index (χ4n) is 10.2. The third-order valence-electron chi connectivity index (χ3n) is 15.6. The number of aromatic hydroxyl groups is 13. The highest BCUT2D eigenvalue weighted by molar-refractivity contribution is 6.11. The number of aliphatic carboxylic acids is 3. The number of phenolic OH excluding ortho intramolecular Hbond substituents is 13. The minimum Gasteiger partial charge on any atom is -0.508 e. The van der Waals surface area contributed by atoms with E-state index in [1.807, 2.05) is 6.08 Å². The number of fused-ring (bicyclic) bond motifs is 1. The third kappa shape index (κ3) is 24.0. The Kier molecular flexibility index (Phi) is 28.9. The summed E-state index contributed by atoms with van der Waals surface area (Å²) >= 11 is 0. The van der Waals surface area contributed by atoms with Crippen LogP contribution in [0.2, 0.25) is 0 Å². The predicted octanol–water partition coefficient (Wildman–Crippen LogP) is 11.2. The summed E-state index contributed by atoms with van der Waals surface area (Å²) in [6.45, 7) is 0. The Morgan fingerprint density at radius 2 is 0.800 bits per heavy atom. The molecular weight excluding hydrogens is 1440 g/mol. The molecule has 29 heteroatoms. The second kappa shape index (κ2) is 38.6. The largest absolute Gasteiger partial charge is 0.508 e. The molecule has 1 aliphatic rings. The molecule has 1 heterocycles. The van der Waals surface area contributed by atoms with E-state index in [1.165, 1.54) is 88.1 Å². The van der Waals surface area contributed by atoms with E-state index in [0.29, 0.717) is 39.5 Å². The average Bonchev–Trinajstić information content (AvgIpc) is 1.59. The number of methoxy groups -OCH3 is 3. The molecular formula is C81H72O29. The number of ketones is 2. The number of carboxylic acids is 3. The number of ether oxygens (including phenoxy) is 6. The quantitative estimate of drug-likeness (QED) is 0.00831. The molecule has 0 saturated heterocycles. The zero-order chi connectivity index (χ0) is 80.5. The van der Waals surface area contributed by atoms with E-state index in [0.717, 1.165) is 66.3 Å². The first kappa shape index (κ1) is 82.3. The topological polar surface area (TPSA) is 499 Å². The minimum atomic E-state index is -1.84. The second-order valence-electron chi connectivity index (χ2n) is 23.5. The van der Waals surface area contributed by atoms with Crippen LogP contribution in [0.3, 0.4) is 0 Å². The number of benzene rings is 9. The molecule has 0 saturated carbocycles. The van der Waals surface area contributed by atoms with Gasteiger partial charge in [0.25, 0.3) is 0 Å². The summed E-state index contributed by atoms with van der Waals surface area (Å²) in [7, 11) is 4.30. The summed E-state index contributed by atoms with van der Waals surface area (Å²) in [6, 6.07) is 38.0. The van der Waals surface area contributed by atoms with Gasteiger partial charge in [0.05, 0.1) is 27.8 Å². The molecule has 570 valence electrons. The maximum atomic E-state index is 13.9. The van der Waals surface area contributed by atoms with Gasteiger partial charge in [0.1, 0.15) is 29.3 Å². The van der Waals surface area contributed by atoms with Crippen LogP contribution in [-0.2, 0) is 55.9 Å². The SMILES string of the molecule is COc1cc(/C=C/C(=O)CC(=O)/C=C/c2ccc(O)c(OC)c2)ccc1O.COc1cc(/C=C/C(=O)O)ccc1O.O=C(/C=C/c1ccc(O)c2c1C(C(=O)OC(Cc1ccc(O)c(O)c1)C(=O)O)C(c1ccc(O)c(O)c1)O2)OC(Cc1ccc(O)c(O)c1)C(=O)O.Oc1ccc(/C=C/c2cc(O)cc(O)c2)cc1. The monoisotopic (exact) mass is 1510 g/mol. The Hall–Kier alpha value is -15.0. The van der Waals surface area contributed by atoms with Crippen LogP contribution in [0.15, 0.2) is 188 Å². The number of hydrogen-bond donors (Lipinski definition) is 16. The van der Waals surface area contributed by atoms with Crippen LogP contribution in [0.5, 0.6) is 97.7 Å². The molecule has 9 aromatic rings. The lowest BCUT2D eigenvalue weighted by molar-refractivity contribution is -0.166. The maximum absolute atomic E-state index is 13.9. The number of carbonyl (C=O) groups excluding carboxylic acids is 4. The minimum absolute atomic E-state index is 0.00662. The fourth-order valence-corrected chi connectivity index (χ4v) is 10.2. The Balaban J connectivity index is 0.000000238. The van der Waals surface area contributed by atoms with E-state index in [-0.39, 0.29) is 92.5 Å². The standard InChI is InChI=1S/C36H30O16.C21H20O6.C14H12O3.C10H10O4/c37-20-6-1-16(11-24(20)41)13-27(34(45)46)50-29(44)10-5-18-3-9-23(40)33-30(18)31(32(52-33)19-4-8-22(39)26(43)15-19)36(49)51-28(35(47)48)14-17-2-7-21(38)25(42)12-17;1-26-20-11-14(5-9-18(20)24)3-7-16(22)13-17(23)8-4-15-6-10-19(25)21(12-15)27-2;15-12-5-3-10(4-6-12)1-2-11-7-13(16)9-14(17)8-11;1-14-9-6-7(2-4-8(9)11)3-5-10(12)13/h1-12,15,27-28,31-32,37-43H,13-14H2,(H,45,46)(H,47,48);3-12,24-25H,13H2,1-2H3;1-9,15-17H;2-6,11H,1H3,(H,12,13)/b10-5+;7-3+,8-4+;2-1+;5-3+. The van der Waals surface area contributed by atoms with Crippen molar-refractivity contribution in [2.75, 3.05) is 21.3 Å². The number of hydrogen-bond acceptors (Lipinski definition) is 26. The van der Waals surface area contributed by atoms with E-state index < -0.39 is 101 Å². The molecule has 4 atom stereocenters. The van der Waals surface area contributed by atoms with Crippen LogP contribution in [0.1, 0.15) is 74.1 Å². The summed E-state index contributed by atoms with van der Waals surface area (Å²) < 4.78 is 31.3. The number of rotatable bonds is 25. The average molecular weight is 1510 g/mol. The van der Waals surface area contributed by atoms with Crippen molar-refractivity contribution < 1.29 is 144 Å². The molecule has 29 nitrogen and oxygen atoms in total. The molecule has 0 amide bonds. The van der Waals surface area contributed by atoms with Crippen molar-refractivity contribution in [3.63, 3.8) is 0 Å². The maximum Gasteiger partial charge on any atom is 0.345 e. The van der Waals surface area contributed by atoms with Crippen LogP contribution in [-0.4, -0.2) is 157 Å². The van der Waals surface area contributed by atoms with Gasteiger partial charge >= 0.3 is 29.8 Å². The van der Waals surface area contributed by atoms with Crippen molar-refractivity contribution in [1.29, 1.82) is 0 Å². The molecule has 0 fully saturated rings. The number of carboxylic acid groups (broad SMARTS) is 3. The normalized spacial score (nSPS) is 13.3. The van der Waals surface area contributed by atoms with Crippen molar-refractivity contribution in [3.8, 4) is 97.7 Å². The van der Waals surface area contributed by atoms with Gasteiger partial charge in [-0.1, -0.05) is 78.9 Å². The first-order valence-corrected chi connectivity index (χ1v) is 32.4. The van der Waals surface area contributed by atoms with Crippen molar-refractivity contribution in [2.24, 2.45) is 0 Å². The second-order valence-corrected chi connectivity index (χ2v) is 23.5. The summed E-state index contributed by atoms with van der Waals surface area (Å²) in [4.78, 5) is 85.0. The van der Waals surface area contributed by atoms with E-state index >= 15 is 0 Å². The van der Waals surface area contributed by atoms with E-state index in [2.05, 4.69) is 0 Å². The van der Waals surface area contributed by atoms with E-state index in [9.17, 15) is 105 Å². The van der Waals surface area contributed by atoms with Gasteiger partial charge in [-0.25, -0.2) is 19.2 Å². The highest BCUT2D eigenvalue weighted by Gasteiger charge is 2.46. The van der Waals surface area contributed by atoms with Gasteiger partial charge in [-0.2, -0.15) is 0 Å². The van der Waals surface area contributed by atoms with E-state index in [1.54, 1.807) is 91.0 Å². The third-order valence-corrected chi connectivity index (χ3v) is 15.6. The molecule has 4 unspecified atom stereocenters. The van der Waals surface area contributed by atoms with Crippen LogP contribution in [0, 0.1) is 0 Å². The molecule has 9 aromatic carbocycles. The summed E-state index contributed by atoms with van der Waals surface area (Å²) in [5.74, 6) is -11.3. The van der Waals surface area contributed by atoms with Crippen molar-refractivity contribution in [2.45, 2.75) is 43.5 Å². The Bertz CT molecular complexity index is 4920. The van der Waals surface area contributed by atoms with Gasteiger partial charge in [-0.15, -0.1) is 0 Å². The van der Waals surface area contributed by atoms with Crippen molar-refractivity contribution in [3.05, 3.63) is 244 Å². The lowest BCUT2D eigenvalue weighted by Crippen LogP contribution is -2.33. The Morgan fingerprint density at radius 3 is 1.25 bits per heavy atom. The molecule has 1 aliphatic heterocycles. The van der Waals surface area contributed by atoms with Gasteiger partial charge in [-0.05, 0) is 178 Å². The number of carbonyl (C=O) groups is 7. The molecule has 0 bridgehead atoms. The lowest BCUT2D eigenvalue weighted by Gasteiger charge is -2.22. The van der Waals surface area contributed by atoms with Crippen molar-refractivity contribution >= 4 is 77.9 Å². The van der Waals surface area contributed by atoms with Gasteiger partial charge in [0.2, 0.25) is 12.2 Å². The number of phenols is 13. The molecule has 16 N–H and O–H groups in total. The molecule has 0 spiro atoms. The van der Waals surface area contributed by atoms with E-state index in [4.69, 9.17) is 38.6 Å². The molecule has 0 aliphatic carbocycles. The first-order valence-electron chi connectivity index (χ1n) is 32.4. The zero-order valence-corrected chi connectivity index (χ0v) is 58.3. The van der Waals surface area contributed by atoms with Crippen LogP contribution in [0.4, 0.5) is 0 Å². The molecule has 0 aromatic heterocycles. The molecule has 10 rings (SSSR count). The van der Waals surface area contributed by atoms with Gasteiger partial charge < -0.3 is 110 Å². The first-order chi connectivity index (χ1) is 52.3. The Labute approximate surface area is 625 Å². The number of allylic oxidation sites excluding steroid dienone is 2. The van der Waals surface area contributed by atoms with Gasteiger partial charge in [0.15, 0.2) is 92.1 Å². The van der Waals surface area contributed by atoms with Gasteiger partial charge in [0, 0.05) is 36.6 Å². The summed E-state index contributed by atoms with van der Waals surface area (Å²) in [5.41, 5.74) is 4.05. The fraction of sp³-hybridized carbons (Fsp3) is 0.123. The van der Waals surface area contributed by atoms with Crippen LogP contribution in [0.25, 0.3) is 36.5 Å². The van der Waals surface area contributed by atoms with Crippen LogP contribution >= 0.6 is 0 Å².